The molecule has 0 atom stereocenters. The Kier molecular flexibility index (Phi) is 6.74. The first-order valence-corrected chi connectivity index (χ1v) is 12.0. The number of halogens is 1. The average Bonchev–Trinajstić information content (AvgIpc) is 3.16. The van der Waals surface area contributed by atoms with Gasteiger partial charge in [-0.3, -0.25) is 4.57 Å². The Labute approximate surface area is 188 Å². The third-order valence-corrected chi connectivity index (χ3v) is 6.92. The third-order valence-electron chi connectivity index (χ3n) is 4.38. The van der Waals surface area contributed by atoms with Crippen LogP contribution in [-0.2, 0) is 11.5 Å². The minimum Gasteiger partial charge on any atom is -0.273 e. The summed E-state index contributed by atoms with van der Waals surface area (Å²) in [6, 6.07) is 27.4. The van der Waals surface area contributed by atoms with E-state index in [2.05, 4.69) is 110 Å². The van der Waals surface area contributed by atoms with Crippen molar-refractivity contribution in [3.8, 4) is 5.69 Å². The monoisotopic (exact) mass is 481 g/mol. The summed E-state index contributed by atoms with van der Waals surface area (Å²) in [7, 11) is 0. The van der Waals surface area contributed by atoms with E-state index in [4.69, 9.17) is 0 Å². The third kappa shape index (κ3) is 5.32. The SMILES string of the molecule is Cc1ccc(SCc2nnc(SCc3ccc(Br)cc3)n2-c2ccccc2)cc1. The highest BCUT2D eigenvalue weighted by Crippen LogP contribution is 2.29. The molecule has 0 aliphatic heterocycles. The van der Waals surface area contributed by atoms with Crippen LogP contribution in [0.5, 0.6) is 0 Å². The van der Waals surface area contributed by atoms with Gasteiger partial charge in [0.2, 0.25) is 0 Å². The molecule has 0 saturated carbocycles. The van der Waals surface area contributed by atoms with Crippen molar-refractivity contribution in [3.05, 3.63) is 100 Å². The molecule has 3 aromatic carbocycles. The van der Waals surface area contributed by atoms with Gasteiger partial charge >= 0.3 is 0 Å². The summed E-state index contributed by atoms with van der Waals surface area (Å²) in [5.74, 6) is 2.58. The fourth-order valence-corrected chi connectivity index (χ4v) is 4.84. The Balaban J connectivity index is 1.56. The van der Waals surface area contributed by atoms with E-state index in [1.807, 2.05) is 6.07 Å². The molecule has 0 radical (unpaired) electrons. The Morgan fingerprint density at radius 3 is 2.24 bits per heavy atom. The van der Waals surface area contributed by atoms with Crippen LogP contribution in [0.25, 0.3) is 5.69 Å². The Morgan fingerprint density at radius 1 is 0.793 bits per heavy atom. The molecule has 3 nitrogen and oxygen atoms in total. The van der Waals surface area contributed by atoms with E-state index in [0.29, 0.717) is 0 Å². The van der Waals surface area contributed by atoms with Crippen molar-refractivity contribution < 1.29 is 0 Å². The second kappa shape index (κ2) is 9.65. The highest BCUT2D eigenvalue weighted by Gasteiger charge is 2.15. The van der Waals surface area contributed by atoms with Gasteiger partial charge in [0.1, 0.15) is 5.82 Å². The molecule has 0 saturated heterocycles. The molecule has 146 valence electrons. The quantitative estimate of drug-likeness (QED) is 0.268. The van der Waals surface area contributed by atoms with E-state index < -0.39 is 0 Å². The van der Waals surface area contributed by atoms with Crippen LogP contribution in [-0.4, -0.2) is 14.8 Å². The standard InChI is InChI=1S/C23H20BrN3S2/c1-17-7-13-21(14-8-17)28-16-22-25-26-23(27(22)20-5-3-2-4-6-20)29-15-18-9-11-19(24)12-10-18/h2-14H,15-16H2,1H3. The number of para-hydroxylation sites is 1. The van der Waals surface area contributed by atoms with Gasteiger partial charge < -0.3 is 0 Å². The van der Waals surface area contributed by atoms with Crippen molar-refractivity contribution in [1.82, 2.24) is 14.8 Å². The fourth-order valence-electron chi connectivity index (χ4n) is 2.83. The summed E-state index contributed by atoms with van der Waals surface area (Å²) < 4.78 is 3.26. The Bertz CT molecular complexity index is 995. The molecule has 0 aliphatic rings. The van der Waals surface area contributed by atoms with Crippen LogP contribution in [0.3, 0.4) is 0 Å². The highest BCUT2D eigenvalue weighted by atomic mass is 79.9. The number of hydrogen-bond acceptors (Lipinski definition) is 4. The molecule has 0 fully saturated rings. The minimum atomic E-state index is 0.768. The number of benzene rings is 3. The predicted molar refractivity (Wildman–Crippen MR) is 126 cm³/mol. The molecule has 1 aromatic heterocycles. The first-order chi connectivity index (χ1) is 14.2. The van der Waals surface area contributed by atoms with E-state index >= 15 is 0 Å². The van der Waals surface area contributed by atoms with E-state index in [1.54, 1.807) is 23.5 Å². The van der Waals surface area contributed by atoms with Crippen LogP contribution >= 0.6 is 39.5 Å². The van der Waals surface area contributed by atoms with Crippen molar-refractivity contribution in [2.45, 2.75) is 28.5 Å². The van der Waals surface area contributed by atoms with Crippen molar-refractivity contribution in [1.29, 1.82) is 0 Å². The summed E-state index contributed by atoms with van der Waals surface area (Å²) in [5, 5.41) is 9.94. The van der Waals surface area contributed by atoms with E-state index in [0.717, 1.165) is 32.6 Å². The van der Waals surface area contributed by atoms with Gasteiger partial charge in [0, 0.05) is 20.8 Å². The molecule has 4 rings (SSSR count). The smallest absolute Gasteiger partial charge is 0.196 e. The zero-order chi connectivity index (χ0) is 20.1. The Morgan fingerprint density at radius 2 is 1.52 bits per heavy atom. The molecule has 29 heavy (non-hydrogen) atoms. The van der Waals surface area contributed by atoms with Crippen LogP contribution in [0.2, 0.25) is 0 Å². The molecule has 0 bridgehead atoms. The molecule has 0 N–H and O–H groups in total. The van der Waals surface area contributed by atoms with Crippen LogP contribution in [0.15, 0.2) is 93.4 Å². The van der Waals surface area contributed by atoms with Crippen molar-refractivity contribution in [2.75, 3.05) is 0 Å². The zero-order valence-corrected chi connectivity index (χ0v) is 19.2. The number of aromatic nitrogens is 3. The number of nitrogens with zero attached hydrogens (tertiary/aromatic N) is 3. The predicted octanol–water partition coefficient (Wildman–Crippen LogP) is 6.92. The van der Waals surface area contributed by atoms with Gasteiger partial charge in [-0.15, -0.1) is 22.0 Å². The van der Waals surface area contributed by atoms with Gasteiger partial charge in [0.25, 0.3) is 0 Å². The molecule has 0 spiro atoms. The summed E-state index contributed by atoms with van der Waals surface area (Å²) in [4.78, 5) is 1.24. The maximum atomic E-state index is 4.52. The molecule has 4 aromatic rings. The first kappa shape index (κ1) is 20.3. The van der Waals surface area contributed by atoms with E-state index in [9.17, 15) is 0 Å². The number of thioether (sulfide) groups is 2. The summed E-state index contributed by atoms with van der Waals surface area (Å²) in [6.45, 7) is 2.11. The lowest BCUT2D eigenvalue weighted by Gasteiger charge is -2.10. The van der Waals surface area contributed by atoms with E-state index in [1.165, 1.54) is 16.0 Å². The highest BCUT2D eigenvalue weighted by molar-refractivity contribution is 9.10. The van der Waals surface area contributed by atoms with Gasteiger partial charge in [-0.25, -0.2) is 0 Å². The normalized spacial score (nSPS) is 11.0. The van der Waals surface area contributed by atoms with Gasteiger partial charge in [-0.05, 0) is 48.9 Å². The molecule has 0 unspecified atom stereocenters. The number of aryl methyl sites for hydroxylation is 1. The van der Waals surface area contributed by atoms with Gasteiger partial charge in [-0.2, -0.15) is 0 Å². The lowest BCUT2D eigenvalue weighted by molar-refractivity contribution is 0.864. The molecule has 0 aliphatic carbocycles. The fraction of sp³-hybridized carbons (Fsp3) is 0.130. The maximum Gasteiger partial charge on any atom is 0.196 e. The zero-order valence-electron chi connectivity index (χ0n) is 16.0. The largest absolute Gasteiger partial charge is 0.273 e. The average molecular weight is 482 g/mol. The second-order valence-corrected chi connectivity index (χ2v) is 9.49. The van der Waals surface area contributed by atoms with Crippen LogP contribution in [0.4, 0.5) is 0 Å². The molecular formula is C23H20BrN3S2. The molecule has 6 heteroatoms. The molecule has 0 amide bonds. The van der Waals surface area contributed by atoms with Gasteiger partial charge in [0.15, 0.2) is 5.16 Å². The lowest BCUT2D eigenvalue weighted by Crippen LogP contribution is -2.01. The first-order valence-electron chi connectivity index (χ1n) is 9.25. The number of hydrogen-bond donors (Lipinski definition) is 0. The van der Waals surface area contributed by atoms with Crippen molar-refractivity contribution in [2.24, 2.45) is 0 Å². The van der Waals surface area contributed by atoms with Crippen LogP contribution < -0.4 is 0 Å². The molecular weight excluding hydrogens is 462 g/mol. The topological polar surface area (TPSA) is 30.7 Å². The maximum absolute atomic E-state index is 4.52. The number of rotatable bonds is 7. The van der Waals surface area contributed by atoms with Crippen LogP contribution in [0, 0.1) is 6.92 Å². The van der Waals surface area contributed by atoms with Gasteiger partial charge in [-0.1, -0.05) is 75.7 Å². The van der Waals surface area contributed by atoms with Crippen LogP contribution in [0.1, 0.15) is 17.0 Å². The summed E-state index contributed by atoms with van der Waals surface area (Å²) in [5.41, 5.74) is 3.63. The summed E-state index contributed by atoms with van der Waals surface area (Å²) in [6.07, 6.45) is 0. The molecule has 1 heterocycles. The van der Waals surface area contributed by atoms with Crippen molar-refractivity contribution in [3.63, 3.8) is 0 Å². The van der Waals surface area contributed by atoms with Gasteiger partial charge in [0.05, 0.1) is 5.75 Å². The van der Waals surface area contributed by atoms with Crippen molar-refractivity contribution >= 4 is 39.5 Å². The second-order valence-electron chi connectivity index (χ2n) is 6.59. The summed E-state index contributed by atoms with van der Waals surface area (Å²) >= 11 is 6.98. The Hall–Kier alpha value is -2.02. The minimum absolute atomic E-state index is 0.768. The lowest BCUT2D eigenvalue weighted by atomic mass is 10.2. The van der Waals surface area contributed by atoms with E-state index in [-0.39, 0.29) is 0 Å².